The molecule has 0 radical (unpaired) electrons. The minimum atomic E-state index is -0.143. The van der Waals surface area contributed by atoms with Crippen molar-refractivity contribution in [2.75, 3.05) is 11.1 Å². The van der Waals surface area contributed by atoms with Gasteiger partial charge in [-0.2, -0.15) is 0 Å². The number of hydrogen-bond acceptors (Lipinski definition) is 6. The Balaban J connectivity index is 1.75. The number of aromatic nitrogens is 3. The van der Waals surface area contributed by atoms with Crippen LogP contribution in [0.25, 0.3) is 0 Å². The third kappa shape index (κ3) is 3.01. The van der Waals surface area contributed by atoms with Crippen molar-refractivity contribution < 1.29 is 4.79 Å². The van der Waals surface area contributed by atoms with Crippen LogP contribution in [0.15, 0.2) is 27.6 Å². The van der Waals surface area contributed by atoms with Crippen LogP contribution in [0.1, 0.15) is 25.1 Å². The number of aryl methyl sites for hydroxylation is 1. The molecule has 1 unspecified atom stereocenters. The normalized spacial score (nSPS) is 16.7. The molecule has 0 spiro atoms. The molecule has 0 bridgehead atoms. The largest absolute Gasteiger partial charge is 0.302 e. The van der Waals surface area contributed by atoms with Gasteiger partial charge >= 0.3 is 0 Å². The number of carbonyl (C=O) groups excluding carboxylic acids is 1. The number of thiazole rings is 1. The minimum absolute atomic E-state index is 0.0751. The molecule has 3 heterocycles. The second kappa shape index (κ2) is 5.98. The number of carbonyl (C=O) groups is 1. The Bertz CT molecular complexity index is 711. The van der Waals surface area contributed by atoms with E-state index in [0.717, 1.165) is 12.1 Å². The van der Waals surface area contributed by atoms with Crippen LogP contribution >= 0.6 is 23.1 Å². The highest BCUT2D eigenvalue weighted by Gasteiger charge is 2.27. The molecule has 0 saturated carbocycles. The van der Waals surface area contributed by atoms with E-state index in [1.165, 1.54) is 23.1 Å². The first-order valence-electron chi connectivity index (χ1n) is 6.62. The zero-order chi connectivity index (χ0) is 14.8. The Morgan fingerprint density at radius 2 is 2.43 bits per heavy atom. The van der Waals surface area contributed by atoms with Crippen LogP contribution in [0.2, 0.25) is 0 Å². The Morgan fingerprint density at radius 3 is 3.14 bits per heavy atom. The number of nitrogens with zero attached hydrogens (tertiary/aromatic N) is 3. The smallest absolute Gasteiger partial charge is 0.254 e. The molecule has 1 N–H and O–H groups in total. The van der Waals surface area contributed by atoms with Crippen LogP contribution in [-0.2, 0) is 11.2 Å². The van der Waals surface area contributed by atoms with Gasteiger partial charge in [-0.1, -0.05) is 18.7 Å². The number of nitrogens with one attached hydrogen (secondary N) is 1. The number of thioether (sulfide) groups is 1. The predicted molar refractivity (Wildman–Crippen MR) is 83.0 cm³/mol. The lowest BCUT2D eigenvalue weighted by molar-refractivity contribution is -0.116. The van der Waals surface area contributed by atoms with Gasteiger partial charge in [-0.3, -0.25) is 14.2 Å². The molecule has 1 atom stereocenters. The van der Waals surface area contributed by atoms with Crippen molar-refractivity contribution in [2.24, 2.45) is 0 Å². The van der Waals surface area contributed by atoms with Crippen molar-refractivity contribution in [3.8, 4) is 0 Å². The van der Waals surface area contributed by atoms with Crippen molar-refractivity contribution in [2.45, 2.75) is 31.0 Å². The molecule has 0 fully saturated rings. The number of fused-ring (bicyclic) bond motifs is 1. The lowest BCUT2D eigenvalue weighted by Crippen LogP contribution is -2.27. The van der Waals surface area contributed by atoms with Gasteiger partial charge in [0, 0.05) is 35.5 Å². The van der Waals surface area contributed by atoms with Gasteiger partial charge in [0.05, 0.1) is 6.04 Å². The summed E-state index contributed by atoms with van der Waals surface area (Å²) < 4.78 is 1.63. The van der Waals surface area contributed by atoms with Crippen LogP contribution < -0.4 is 10.9 Å². The minimum Gasteiger partial charge on any atom is -0.302 e. The summed E-state index contributed by atoms with van der Waals surface area (Å²) in [6.07, 6.45) is 2.63. The van der Waals surface area contributed by atoms with Gasteiger partial charge in [-0.15, -0.1) is 11.3 Å². The average molecular weight is 322 g/mol. The molecule has 1 aliphatic heterocycles. The fraction of sp³-hybridized carbons (Fsp3) is 0.385. The summed E-state index contributed by atoms with van der Waals surface area (Å²) in [5, 5.41) is 5.84. The van der Waals surface area contributed by atoms with E-state index in [1.54, 1.807) is 22.2 Å². The molecule has 1 amide bonds. The van der Waals surface area contributed by atoms with Crippen LogP contribution in [0.3, 0.4) is 0 Å². The summed E-state index contributed by atoms with van der Waals surface area (Å²) >= 11 is 2.90. The zero-order valence-electron chi connectivity index (χ0n) is 11.4. The van der Waals surface area contributed by atoms with Gasteiger partial charge < -0.3 is 5.32 Å². The third-order valence-electron chi connectivity index (χ3n) is 3.20. The van der Waals surface area contributed by atoms with E-state index in [1.807, 2.05) is 6.92 Å². The maximum absolute atomic E-state index is 12.2. The monoisotopic (exact) mass is 322 g/mol. The molecule has 3 rings (SSSR count). The van der Waals surface area contributed by atoms with Crippen LogP contribution in [0.4, 0.5) is 5.13 Å². The summed E-state index contributed by atoms with van der Waals surface area (Å²) in [7, 11) is 0. The maximum atomic E-state index is 12.2. The first kappa shape index (κ1) is 14.3. The van der Waals surface area contributed by atoms with Crippen LogP contribution in [0.5, 0.6) is 0 Å². The number of hydrogen-bond donors (Lipinski definition) is 1. The number of anilines is 1. The zero-order valence-corrected chi connectivity index (χ0v) is 13.0. The first-order chi connectivity index (χ1) is 10.2. The standard InChI is InChI=1S/C13H14N4O2S2/c1-2-8-5-11(19)17-9(7-21-13(17)15-8)6-10(18)16-12-14-3-4-20-12/h3-5,9H,2,6-7H2,1H3,(H,14,16,18). The molecule has 21 heavy (non-hydrogen) atoms. The molecular weight excluding hydrogens is 308 g/mol. The maximum Gasteiger partial charge on any atom is 0.254 e. The second-order valence-corrected chi connectivity index (χ2v) is 6.53. The van der Waals surface area contributed by atoms with E-state index in [-0.39, 0.29) is 23.9 Å². The Kier molecular flexibility index (Phi) is 4.07. The van der Waals surface area contributed by atoms with Gasteiger partial charge in [0.25, 0.3) is 5.56 Å². The topological polar surface area (TPSA) is 76.9 Å². The van der Waals surface area contributed by atoms with E-state index in [9.17, 15) is 9.59 Å². The third-order valence-corrected chi connectivity index (χ3v) is 4.99. The molecule has 0 aromatic carbocycles. The lowest BCUT2D eigenvalue weighted by Gasteiger charge is -2.12. The Hall–Kier alpha value is -1.67. The van der Waals surface area contributed by atoms with E-state index >= 15 is 0 Å². The summed E-state index contributed by atoms with van der Waals surface area (Å²) in [5.74, 6) is 0.565. The highest BCUT2D eigenvalue weighted by atomic mass is 32.2. The van der Waals surface area contributed by atoms with E-state index in [2.05, 4.69) is 15.3 Å². The highest BCUT2D eigenvalue weighted by Crippen LogP contribution is 2.32. The molecule has 6 nitrogen and oxygen atoms in total. The fourth-order valence-corrected chi connectivity index (χ4v) is 3.91. The van der Waals surface area contributed by atoms with Crippen LogP contribution in [0, 0.1) is 0 Å². The summed E-state index contributed by atoms with van der Waals surface area (Å²) in [6.45, 7) is 1.97. The predicted octanol–water partition coefficient (Wildman–Crippen LogP) is 1.94. The SMILES string of the molecule is CCc1cc(=O)n2c(n1)SCC2CC(=O)Nc1nccs1. The quantitative estimate of drug-likeness (QED) is 0.871. The van der Waals surface area contributed by atoms with Crippen molar-refractivity contribution in [3.63, 3.8) is 0 Å². The molecule has 2 aromatic rings. The average Bonchev–Trinajstić information content (AvgIpc) is 3.09. The van der Waals surface area contributed by atoms with Gasteiger partial charge in [0.2, 0.25) is 5.91 Å². The van der Waals surface area contributed by atoms with Gasteiger partial charge in [-0.25, -0.2) is 9.97 Å². The molecule has 110 valence electrons. The summed E-state index contributed by atoms with van der Waals surface area (Å²) in [4.78, 5) is 32.7. The van der Waals surface area contributed by atoms with Gasteiger partial charge in [0.1, 0.15) is 0 Å². The Labute approximate surface area is 129 Å². The van der Waals surface area contributed by atoms with Gasteiger partial charge in [0.15, 0.2) is 10.3 Å². The molecule has 0 aliphatic carbocycles. The molecule has 0 saturated heterocycles. The molecule has 1 aliphatic rings. The van der Waals surface area contributed by atoms with E-state index in [0.29, 0.717) is 16.0 Å². The summed E-state index contributed by atoms with van der Waals surface area (Å²) in [6, 6.07) is 1.41. The molecule has 8 heteroatoms. The lowest BCUT2D eigenvalue weighted by atomic mass is 10.2. The van der Waals surface area contributed by atoms with Crippen molar-refractivity contribution in [1.29, 1.82) is 0 Å². The van der Waals surface area contributed by atoms with Crippen LogP contribution in [-0.4, -0.2) is 26.2 Å². The highest BCUT2D eigenvalue weighted by molar-refractivity contribution is 7.99. The van der Waals surface area contributed by atoms with Crippen molar-refractivity contribution in [1.82, 2.24) is 14.5 Å². The first-order valence-corrected chi connectivity index (χ1v) is 8.48. The van der Waals surface area contributed by atoms with E-state index in [4.69, 9.17) is 0 Å². The number of rotatable bonds is 4. The second-order valence-electron chi connectivity index (χ2n) is 4.65. The van der Waals surface area contributed by atoms with E-state index < -0.39 is 0 Å². The number of amides is 1. The fourth-order valence-electron chi connectivity index (χ4n) is 2.20. The van der Waals surface area contributed by atoms with Crippen molar-refractivity contribution >= 4 is 34.1 Å². The van der Waals surface area contributed by atoms with Gasteiger partial charge in [-0.05, 0) is 6.42 Å². The molecular formula is C13H14N4O2S2. The Morgan fingerprint density at radius 1 is 1.57 bits per heavy atom. The summed E-state index contributed by atoms with van der Waals surface area (Å²) in [5.41, 5.74) is 0.723. The van der Waals surface area contributed by atoms with Crippen molar-refractivity contribution in [3.05, 3.63) is 33.7 Å². The molecule has 2 aromatic heterocycles.